The van der Waals surface area contributed by atoms with Crippen molar-refractivity contribution in [3.05, 3.63) is 93.6 Å². The van der Waals surface area contributed by atoms with Crippen molar-refractivity contribution in [3.63, 3.8) is 0 Å². The van der Waals surface area contributed by atoms with Crippen molar-refractivity contribution < 1.29 is 26.3 Å². The normalized spacial score (nSPS) is 14.6. The van der Waals surface area contributed by atoms with E-state index in [9.17, 15) is 31.1 Å². The number of aryl methyl sites for hydroxylation is 1. The lowest BCUT2D eigenvalue weighted by molar-refractivity contribution is -0.139. The Bertz CT molecular complexity index is 1480. The third-order valence-electron chi connectivity index (χ3n) is 6.50. The van der Waals surface area contributed by atoms with Gasteiger partial charge in [-0.05, 0) is 56.0 Å². The first-order valence-corrected chi connectivity index (χ1v) is 12.3. The molecule has 0 saturated heterocycles. The molecule has 1 fully saturated rings. The molecule has 4 aromatic heterocycles. The second-order valence-corrected chi connectivity index (χ2v) is 9.28. The highest BCUT2D eigenvalue weighted by molar-refractivity contribution is 5.71. The van der Waals surface area contributed by atoms with Crippen LogP contribution in [0.4, 0.5) is 26.3 Å². The molecule has 0 atom stereocenters. The summed E-state index contributed by atoms with van der Waals surface area (Å²) in [5.41, 5.74) is -0.0108. The van der Waals surface area contributed by atoms with Gasteiger partial charge in [0.15, 0.2) is 5.65 Å². The molecule has 5 rings (SSSR count). The Morgan fingerprint density at radius 3 is 2.23 bits per heavy atom. The number of halogens is 6. The van der Waals surface area contributed by atoms with Gasteiger partial charge >= 0.3 is 12.4 Å². The van der Waals surface area contributed by atoms with E-state index in [0.717, 1.165) is 62.7 Å². The smallest absolute Gasteiger partial charge is 0.285 e. The Morgan fingerprint density at radius 1 is 0.923 bits per heavy atom. The first kappa shape index (κ1) is 28.2. The molecule has 0 aliphatic heterocycles. The van der Waals surface area contributed by atoms with Gasteiger partial charge in [0, 0.05) is 30.4 Å². The molecule has 0 N–H and O–H groups in total. The van der Waals surface area contributed by atoms with Gasteiger partial charge in [0.1, 0.15) is 5.52 Å². The van der Waals surface area contributed by atoms with E-state index < -0.39 is 23.5 Å². The Morgan fingerprint density at radius 2 is 1.62 bits per heavy atom. The van der Waals surface area contributed by atoms with Gasteiger partial charge in [0.05, 0.1) is 29.1 Å². The first-order chi connectivity index (χ1) is 18.4. The molecule has 6 nitrogen and oxygen atoms in total. The van der Waals surface area contributed by atoms with Crippen LogP contribution in [0.5, 0.6) is 0 Å². The summed E-state index contributed by atoms with van der Waals surface area (Å²) in [5, 5.41) is 0. The molecular formula is C27H25F6N5O. The van der Waals surface area contributed by atoms with Crippen molar-refractivity contribution >= 4 is 11.2 Å². The van der Waals surface area contributed by atoms with E-state index in [1.54, 1.807) is 19.2 Å². The van der Waals surface area contributed by atoms with E-state index in [0.29, 0.717) is 16.8 Å². The lowest BCUT2D eigenvalue weighted by Crippen LogP contribution is -2.29. The lowest BCUT2D eigenvalue weighted by Gasteiger charge is -2.23. The predicted octanol–water partition coefficient (Wildman–Crippen LogP) is 6.71. The van der Waals surface area contributed by atoms with Gasteiger partial charge < -0.3 is 0 Å². The van der Waals surface area contributed by atoms with Crippen molar-refractivity contribution in [2.75, 3.05) is 0 Å². The second kappa shape index (κ2) is 11.5. The lowest BCUT2D eigenvalue weighted by atomic mass is 9.84. The maximum absolute atomic E-state index is 13.4. The van der Waals surface area contributed by atoms with Gasteiger partial charge in [-0.2, -0.15) is 26.3 Å². The summed E-state index contributed by atoms with van der Waals surface area (Å²) in [6.07, 6.45) is 1.36. The van der Waals surface area contributed by atoms with Crippen LogP contribution in [-0.4, -0.2) is 24.5 Å². The SMILES string of the molecule is Cc1cnc2cc(C3CCCCC3)c(=O)n(Cc3ncccc3C(F)(F)F)c2n1.FC(F)(F)c1ccncc1. The van der Waals surface area contributed by atoms with E-state index >= 15 is 0 Å². The molecule has 0 radical (unpaired) electrons. The zero-order chi connectivity index (χ0) is 28.2. The fourth-order valence-corrected chi connectivity index (χ4v) is 4.60. The van der Waals surface area contributed by atoms with Crippen LogP contribution in [0, 0.1) is 6.92 Å². The van der Waals surface area contributed by atoms with Crippen LogP contribution in [0.15, 0.2) is 59.9 Å². The number of aromatic nitrogens is 5. The van der Waals surface area contributed by atoms with Crippen LogP contribution in [0.25, 0.3) is 11.2 Å². The quantitative estimate of drug-likeness (QED) is 0.266. The van der Waals surface area contributed by atoms with Gasteiger partial charge in [0.25, 0.3) is 5.56 Å². The Balaban J connectivity index is 0.000000298. The van der Waals surface area contributed by atoms with Gasteiger partial charge in [-0.15, -0.1) is 0 Å². The molecule has 206 valence electrons. The first-order valence-electron chi connectivity index (χ1n) is 12.3. The molecule has 1 saturated carbocycles. The largest absolute Gasteiger partial charge is 0.418 e. The van der Waals surface area contributed by atoms with Crippen LogP contribution >= 0.6 is 0 Å². The Hall–Kier alpha value is -3.83. The maximum atomic E-state index is 13.4. The van der Waals surface area contributed by atoms with Crippen molar-refractivity contribution in [3.8, 4) is 0 Å². The summed E-state index contributed by atoms with van der Waals surface area (Å²) >= 11 is 0. The fourth-order valence-electron chi connectivity index (χ4n) is 4.60. The molecule has 1 aliphatic rings. The molecule has 0 unspecified atom stereocenters. The summed E-state index contributed by atoms with van der Waals surface area (Å²) < 4.78 is 76.9. The minimum Gasteiger partial charge on any atom is -0.285 e. The predicted molar refractivity (Wildman–Crippen MR) is 132 cm³/mol. The van der Waals surface area contributed by atoms with E-state index in [4.69, 9.17) is 0 Å². The molecule has 39 heavy (non-hydrogen) atoms. The summed E-state index contributed by atoms with van der Waals surface area (Å²) in [7, 11) is 0. The van der Waals surface area contributed by atoms with Crippen LogP contribution in [0.3, 0.4) is 0 Å². The highest BCUT2D eigenvalue weighted by atomic mass is 19.4. The van der Waals surface area contributed by atoms with Crippen LogP contribution < -0.4 is 5.56 Å². The van der Waals surface area contributed by atoms with Crippen molar-refractivity contribution in [2.45, 2.75) is 63.8 Å². The van der Waals surface area contributed by atoms with Crippen LogP contribution in [0.1, 0.15) is 66.1 Å². The summed E-state index contributed by atoms with van der Waals surface area (Å²) in [6.45, 7) is 1.43. The number of nitrogens with zero attached hydrogens (tertiary/aromatic N) is 5. The average Bonchev–Trinajstić information content (AvgIpc) is 2.91. The summed E-state index contributed by atoms with van der Waals surface area (Å²) in [4.78, 5) is 29.5. The van der Waals surface area contributed by atoms with Crippen LogP contribution in [-0.2, 0) is 18.9 Å². The molecule has 4 aromatic rings. The molecule has 4 heterocycles. The van der Waals surface area contributed by atoms with Gasteiger partial charge in [-0.25, -0.2) is 4.98 Å². The minimum absolute atomic E-state index is 0.0980. The van der Waals surface area contributed by atoms with Crippen molar-refractivity contribution in [1.29, 1.82) is 0 Å². The van der Waals surface area contributed by atoms with Crippen LogP contribution in [0.2, 0.25) is 0 Å². The van der Waals surface area contributed by atoms with E-state index in [1.807, 2.05) is 0 Å². The molecule has 0 bridgehead atoms. The molecule has 0 spiro atoms. The third-order valence-corrected chi connectivity index (χ3v) is 6.50. The van der Waals surface area contributed by atoms with Gasteiger partial charge in [0.2, 0.25) is 0 Å². The van der Waals surface area contributed by atoms with Crippen molar-refractivity contribution in [2.24, 2.45) is 0 Å². The van der Waals surface area contributed by atoms with Gasteiger partial charge in [-0.1, -0.05) is 19.3 Å². The minimum atomic E-state index is -4.55. The molecular weight excluding hydrogens is 524 g/mol. The zero-order valence-corrected chi connectivity index (χ0v) is 20.9. The third kappa shape index (κ3) is 6.79. The second-order valence-electron chi connectivity index (χ2n) is 9.28. The molecule has 0 aromatic carbocycles. The Kier molecular flexibility index (Phi) is 8.31. The van der Waals surface area contributed by atoms with E-state index in [1.165, 1.54) is 16.8 Å². The molecule has 0 amide bonds. The van der Waals surface area contributed by atoms with Gasteiger partial charge in [-0.3, -0.25) is 24.3 Å². The van der Waals surface area contributed by atoms with E-state index in [-0.39, 0.29) is 29.4 Å². The standard InChI is InChI=1S/C21H21F3N4O.C6H4F3N/c1-13-11-26-17-10-15(14-6-3-2-4-7-14)20(29)28(19(17)27-13)12-18-16(21(22,23)24)8-5-9-25-18;7-6(8,9)5-1-3-10-4-2-5/h5,8-11,14H,2-4,6-7,12H2,1H3;1-4H. The highest BCUT2D eigenvalue weighted by Gasteiger charge is 2.34. The summed E-state index contributed by atoms with van der Waals surface area (Å²) in [5.74, 6) is 0.0980. The molecule has 12 heteroatoms. The number of fused-ring (bicyclic) bond motifs is 1. The number of rotatable bonds is 3. The fraction of sp³-hybridized carbons (Fsp3) is 0.370. The maximum Gasteiger partial charge on any atom is 0.418 e. The highest BCUT2D eigenvalue weighted by Crippen LogP contribution is 2.33. The van der Waals surface area contributed by atoms with E-state index in [2.05, 4.69) is 19.9 Å². The van der Waals surface area contributed by atoms with Crippen molar-refractivity contribution in [1.82, 2.24) is 24.5 Å². The average molecular weight is 550 g/mol. The number of pyridine rings is 3. The molecule has 1 aliphatic carbocycles. The Labute approximate surface area is 219 Å². The summed E-state index contributed by atoms with van der Waals surface area (Å²) in [6, 6.07) is 5.85. The number of hydrogen-bond donors (Lipinski definition) is 0. The number of alkyl halides is 6. The zero-order valence-electron chi connectivity index (χ0n) is 20.9. The number of hydrogen-bond acceptors (Lipinski definition) is 5. The topological polar surface area (TPSA) is 73.6 Å². The monoisotopic (exact) mass is 549 g/mol.